The maximum atomic E-state index is 8.99. The monoisotopic (exact) mass is 170 g/mol. The SMILES string of the molecule is CNC1(C#N)CCCSC1C. The van der Waals surface area contributed by atoms with Gasteiger partial charge >= 0.3 is 0 Å². The van der Waals surface area contributed by atoms with E-state index in [9.17, 15) is 0 Å². The number of hydrogen-bond acceptors (Lipinski definition) is 3. The Kier molecular flexibility index (Phi) is 2.80. The Hall–Kier alpha value is -0.200. The molecule has 11 heavy (non-hydrogen) atoms. The minimum absolute atomic E-state index is 0.261. The molecule has 2 atom stereocenters. The zero-order chi connectivity index (χ0) is 8.32. The predicted octanol–water partition coefficient (Wildman–Crippen LogP) is 1.38. The van der Waals surface area contributed by atoms with E-state index in [0.717, 1.165) is 12.8 Å². The van der Waals surface area contributed by atoms with Gasteiger partial charge in [0.25, 0.3) is 0 Å². The quantitative estimate of drug-likeness (QED) is 0.646. The molecule has 1 aliphatic rings. The summed E-state index contributed by atoms with van der Waals surface area (Å²) in [5, 5.41) is 12.5. The van der Waals surface area contributed by atoms with Gasteiger partial charge < -0.3 is 5.32 Å². The van der Waals surface area contributed by atoms with Crippen LogP contribution >= 0.6 is 11.8 Å². The first kappa shape index (κ1) is 8.89. The first-order valence-electron chi connectivity index (χ1n) is 3.97. The minimum atomic E-state index is -0.261. The second-order valence-corrected chi connectivity index (χ2v) is 4.40. The van der Waals surface area contributed by atoms with Crippen LogP contribution < -0.4 is 5.32 Å². The Bertz CT molecular complexity index is 175. The summed E-state index contributed by atoms with van der Waals surface area (Å²) in [6, 6.07) is 2.38. The van der Waals surface area contributed by atoms with Crippen molar-refractivity contribution in [1.82, 2.24) is 5.32 Å². The van der Waals surface area contributed by atoms with Crippen LogP contribution in [0, 0.1) is 11.3 Å². The molecule has 0 aromatic rings. The van der Waals surface area contributed by atoms with Gasteiger partial charge in [-0.3, -0.25) is 0 Å². The van der Waals surface area contributed by atoms with Crippen molar-refractivity contribution < 1.29 is 0 Å². The Balaban J connectivity index is 2.71. The number of nitrogens with zero attached hydrogens (tertiary/aromatic N) is 1. The molecule has 2 nitrogen and oxygen atoms in total. The van der Waals surface area contributed by atoms with Crippen molar-refractivity contribution >= 4 is 11.8 Å². The predicted molar refractivity (Wildman–Crippen MR) is 48.6 cm³/mol. The third-order valence-corrected chi connectivity index (χ3v) is 3.85. The lowest BCUT2D eigenvalue weighted by molar-refractivity contribution is 0.400. The molecule has 0 bridgehead atoms. The molecule has 0 saturated carbocycles. The summed E-state index contributed by atoms with van der Waals surface area (Å²) in [6.07, 6.45) is 2.15. The zero-order valence-corrected chi connectivity index (χ0v) is 7.87. The van der Waals surface area contributed by atoms with Gasteiger partial charge in [-0.15, -0.1) is 0 Å². The Morgan fingerprint density at radius 3 is 2.82 bits per heavy atom. The molecule has 2 unspecified atom stereocenters. The van der Waals surface area contributed by atoms with Crippen LogP contribution in [0.2, 0.25) is 0 Å². The van der Waals surface area contributed by atoms with Crippen LogP contribution in [-0.4, -0.2) is 23.6 Å². The van der Waals surface area contributed by atoms with Crippen molar-refractivity contribution in [3.63, 3.8) is 0 Å². The van der Waals surface area contributed by atoms with Crippen molar-refractivity contribution in [3.05, 3.63) is 0 Å². The summed E-state index contributed by atoms with van der Waals surface area (Å²) in [7, 11) is 1.88. The maximum absolute atomic E-state index is 8.99. The summed E-state index contributed by atoms with van der Waals surface area (Å²) in [5.74, 6) is 1.20. The van der Waals surface area contributed by atoms with E-state index in [1.165, 1.54) is 5.75 Å². The van der Waals surface area contributed by atoms with Gasteiger partial charge in [0.05, 0.1) is 6.07 Å². The van der Waals surface area contributed by atoms with E-state index in [2.05, 4.69) is 18.3 Å². The zero-order valence-electron chi connectivity index (χ0n) is 7.05. The van der Waals surface area contributed by atoms with Crippen molar-refractivity contribution in [2.24, 2.45) is 0 Å². The molecule has 0 amide bonds. The average molecular weight is 170 g/mol. The summed E-state index contributed by atoms with van der Waals surface area (Å²) in [4.78, 5) is 0. The molecule has 0 radical (unpaired) electrons. The maximum Gasteiger partial charge on any atom is 0.118 e. The third-order valence-electron chi connectivity index (χ3n) is 2.42. The van der Waals surface area contributed by atoms with Gasteiger partial charge in [0, 0.05) is 5.25 Å². The van der Waals surface area contributed by atoms with Gasteiger partial charge in [-0.1, -0.05) is 6.92 Å². The van der Waals surface area contributed by atoms with Crippen LogP contribution in [0.25, 0.3) is 0 Å². The highest BCUT2D eigenvalue weighted by Gasteiger charge is 2.37. The second-order valence-electron chi connectivity index (χ2n) is 2.95. The van der Waals surface area contributed by atoms with E-state index >= 15 is 0 Å². The summed E-state index contributed by atoms with van der Waals surface area (Å²) in [5.41, 5.74) is -0.261. The first-order chi connectivity index (χ1) is 5.25. The molecule has 0 spiro atoms. The molecule has 0 aromatic carbocycles. The normalized spacial score (nSPS) is 38.1. The van der Waals surface area contributed by atoms with Crippen LogP contribution in [0.3, 0.4) is 0 Å². The van der Waals surface area contributed by atoms with Crippen LogP contribution in [0.1, 0.15) is 19.8 Å². The molecular formula is C8H14N2S. The molecule has 1 N–H and O–H groups in total. The highest BCUT2D eigenvalue weighted by atomic mass is 32.2. The summed E-state index contributed by atoms with van der Waals surface area (Å²) in [6.45, 7) is 2.13. The molecule has 0 aliphatic carbocycles. The van der Waals surface area contributed by atoms with Gasteiger partial charge in [-0.25, -0.2) is 0 Å². The Morgan fingerprint density at radius 1 is 1.73 bits per heavy atom. The largest absolute Gasteiger partial charge is 0.302 e. The van der Waals surface area contributed by atoms with E-state index in [1.54, 1.807) is 0 Å². The molecule has 3 heteroatoms. The lowest BCUT2D eigenvalue weighted by Crippen LogP contribution is -2.51. The Morgan fingerprint density at radius 2 is 2.45 bits per heavy atom. The van der Waals surface area contributed by atoms with Crippen LogP contribution in [0.4, 0.5) is 0 Å². The molecule has 1 rings (SSSR count). The van der Waals surface area contributed by atoms with Crippen LogP contribution in [0.15, 0.2) is 0 Å². The fourth-order valence-corrected chi connectivity index (χ4v) is 2.73. The smallest absolute Gasteiger partial charge is 0.118 e. The van der Waals surface area contributed by atoms with Gasteiger partial charge in [0.1, 0.15) is 5.54 Å². The van der Waals surface area contributed by atoms with Crippen molar-refractivity contribution in [2.45, 2.75) is 30.6 Å². The molecule has 0 aromatic heterocycles. The number of thioether (sulfide) groups is 1. The lowest BCUT2D eigenvalue weighted by Gasteiger charge is -2.35. The van der Waals surface area contributed by atoms with Crippen molar-refractivity contribution in [2.75, 3.05) is 12.8 Å². The van der Waals surface area contributed by atoms with Gasteiger partial charge in [0.2, 0.25) is 0 Å². The second kappa shape index (κ2) is 3.46. The van der Waals surface area contributed by atoms with Gasteiger partial charge in [0.15, 0.2) is 0 Å². The molecule has 62 valence electrons. The number of nitriles is 1. The van der Waals surface area contributed by atoms with Gasteiger partial charge in [-0.05, 0) is 25.6 Å². The summed E-state index contributed by atoms with van der Waals surface area (Å²) < 4.78 is 0. The van der Waals surface area contributed by atoms with E-state index < -0.39 is 0 Å². The molecule has 1 aliphatic heterocycles. The average Bonchev–Trinajstić information content (AvgIpc) is 2.06. The van der Waals surface area contributed by atoms with E-state index in [1.807, 2.05) is 18.8 Å². The topological polar surface area (TPSA) is 35.8 Å². The number of nitrogens with one attached hydrogen (secondary N) is 1. The van der Waals surface area contributed by atoms with E-state index in [0.29, 0.717) is 5.25 Å². The third kappa shape index (κ3) is 1.52. The number of hydrogen-bond donors (Lipinski definition) is 1. The van der Waals surface area contributed by atoms with Gasteiger partial charge in [-0.2, -0.15) is 17.0 Å². The van der Waals surface area contributed by atoms with Crippen molar-refractivity contribution in [3.8, 4) is 6.07 Å². The molecular weight excluding hydrogens is 156 g/mol. The van der Waals surface area contributed by atoms with E-state index in [-0.39, 0.29) is 5.54 Å². The highest BCUT2D eigenvalue weighted by Crippen LogP contribution is 2.32. The minimum Gasteiger partial charge on any atom is -0.302 e. The highest BCUT2D eigenvalue weighted by molar-refractivity contribution is 8.00. The first-order valence-corrected chi connectivity index (χ1v) is 5.02. The summed E-state index contributed by atoms with van der Waals surface area (Å²) >= 11 is 1.89. The van der Waals surface area contributed by atoms with Crippen molar-refractivity contribution in [1.29, 1.82) is 5.26 Å². The molecule has 1 saturated heterocycles. The molecule has 1 fully saturated rings. The number of rotatable bonds is 1. The van der Waals surface area contributed by atoms with Crippen LogP contribution in [-0.2, 0) is 0 Å². The van der Waals surface area contributed by atoms with E-state index in [4.69, 9.17) is 5.26 Å². The lowest BCUT2D eigenvalue weighted by atomic mass is 9.91. The fourth-order valence-electron chi connectivity index (χ4n) is 1.49. The van der Waals surface area contributed by atoms with Crippen LogP contribution in [0.5, 0.6) is 0 Å². The fraction of sp³-hybridized carbons (Fsp3) is 0.875. The standard InChI is InChI=1S/C8H14N2S/c1-7-8(6-9,10-2)4-3-5-11-7/h7,10H,3-5H2,1-2H3. The molecule has 1 heterocycles. The Labute approximate surface area is 72.4 Å².